The summed E-state index contributed by atoms with van der Waals surface area (Å²) in [5.74, 6) is -1.55. The van der Waals surface area contributed by atoms with Crippen molar-refractivity contribution in [2.45, 2.75) is 0 Å². The summed E-state index contributed by atoms with van der Waals surface area (Å²) < 4.78 is 23.2. The molecule has 1 N–H and O–H groups in total. The maximum absolute atomic E-state index is 13.0. The van der Waals surface area contributed by atoms with Crippen LogP contribution in [0.4, 0.5) is 10.4 Å². The van der Waals surface area contributed by atoms with Crippen molar-refractivity contribution >= 4 is 24.0 Å². The third-order valence-corrected chi connectivity index (χ3v) is 3.30. The molecule has 1 heterocycles. The monoisotopic (exact) mass is 367 g/mol. The van der Waals surface area contributed by atoms with Crippen molar-refractivity contribution in [3.05, 3.63) is 72.1 Å². The predicted molar refractivity (Wildman–Crippen MR) is 94.8 cm³/mol. The smallest absolute Gasteiger partial charge is 0.331 e. The number of hydrogen-bond acceptors (Lipinski definition) is 6. The zero-order chi connectivity index (χ0) is 19.1. The normalized spacial score (nSPS) is 10.7. The Balaban J connectivity index is 1.48. The molecule has 0 spiro atoms. The lowest BCUT2D eigenvalue weighted by atomic mass is 10.2. The fraction of sp³-hybridized carbons (Fsp3) is 0.0526. The van der Waals surface area contributed by atoms with E-state index in [9.17, 15) is 14.0 Å². The van der Waals surface area contributed by atoms with Crippen molar-refractivity contribution < 1.29 is 23.1 Å². The molecule has 0 aliphatic rings. The van der Waals surface area contributed by atoms with E-state index in [1.54, 1.807) is 18.2 Å². The van der Waals surface area contributed by atoms with Gasteiger partial charge in [0.25, 0.3) is 5.91 Å². The summed E-state index contributed by atoms with van der Waals surface area (Å²) in [6, 6.07) is 14.6. The molecule has 7 nitrogen and oxygen atoms in total. The van der Waals surface area contributed by atoms with Crippen LogP contribution >= 0.6 is 0 Å². The number of carbonyl (C=O) groups is 2. The second-order valence-electron chi connectivity index (χ2n) is 5.32. The van der Waals surface area contributed by atoms with Gasteiger partial charge in [-0.25, -0.2) is 9.18 Å². The number of ether oxygens (including phenoxy) is 1. The highest BCUT2D eigenvalue weighted by Crippen LogP contribution is 2.18. The van der Waals surface area contributed by atoms with Crippen LogP contribution in [0.15, 0.2) is 65.1 Å². The highest BCUT2D eigenvalue weighted by atomic mass is 19.1. The fourth-order valence-corrected chi connectivity index (χ4v) is 2.09. The number of benzene rings is 2. The number of hydrogen-bond donors (Lipinski definition) is 1. The molecule has 0 aliphatic carbocycles. The van der Waals surface area contributed by atoms with Crippen LogP contribution in [0.3, 0.4) is 0 Å². The molecule has 3 rings (SSSR count). The molecule has 0 unspecified atom stereocenters. The van der Waals surface area contributed by atoms with E-state index >= 15 is 0 Å². The minimum absolute atomic E-state index is 0.106. The topological polar surface area (TPSA) is 94.3 Å². The molecule has 1 aromatic heterocycles. The first kappa shape index (κ1) is 18.0. The van der Waals surface area contributed by atoms with Crippen molar-refractivity contribution in [1.29, 1.82) is 0 Å². The second-order valence-corrected chi connectivity index (χ2v) is 5.32. The van der Waals surface area contributed by atoms with Crippen LogP contribution < -0.4 is 5.32 Å². The van der Waals surface area contributed by atoms with Crippen molar-refractivity contribution in [3.8, 4) is 11.5 Å². The molecule has 0 aliphatic heterocycles. The van der Waals surface area contributed by atoms with Crippen LogP contribution in [0.1, 0.15) is 5.56 Å². The predicted octanol–water partition coefficient (Wildman–Crippen LogP) is 3.07. The molecular weight excluding hydrogens is 353 g/mol. The largest absolute Gasteiger partial charge is 0.452 e. The van der Waals surface area contributed by atoms with Gasteiger partial charge in [-0.05, 0) is 35.9 Å². The van der Waals surface area contributed by atoms with Crippen LogP contribution in [0.2, 0.25) is 0 Å². The van der Waals surface area contributed by atoms with E-state index < -0.39 is 24.3 Å². The average Bonchev–Trinajstić information content (AvgIpc) is 3.14. The first-order chi connectivity index (χ1) is 13.1. The lowest BCUT2D eigenvalue weighted by Gasteiger charge is -2.01. The van der Waals surface area contributed by atoms with E-state index in [-0.39, 0.29) is 11.9 Å². The van der Waals surface area contributed by atoms with Crippen molar-refractivity contribution in [1.82, 2.24) is 10.2 Å². The van der Waals surface area contributed by atoms with E-state index in [0.717, 1.165) is 6.08 Å². The molecule has 8 heteroatoms. The molecule has 0 saturated carbocycles. The number of carbonyl (C=O) groups excluding carboxylic acids is 2. The Morgan fingerprint density at radius 2 is 1.93 bits per heavy atom. The maximum Gasteiger partial charge on any atom is 0.331 e. The lowest BCUT2D eigenvalue weighted by molar-refractivity contribution is -0.142. The van der Waals surface area contributed by atoms with Crippen molar-refractivity contribution in [2.75, 3.05) is 11.9 Å². The number of anilines is 1. The van der Waals surface area contributed by atoms with E-state index in [1.165, 1.54) is 24.3 Å². The van der Waals surface area contributed by atoms with Gasteiger partial charge in [-0.1, -0.05) is 35.4 Å². The van der Waals surface area contributed by atoms with Crippen LogP contribution in [0, 0.1) is 5.82 Å². The molecule has 0 atom stereocenters. The number of nitrogens with one attached hydrogen (secondary N) is 1. The molecule has 0 radical (unpaired) electrons. The molecule has 0 saturated heterocycles. The number of esters is 1. The van der Waals surface area contributed by atoms with Crippen LogP contribution in [0.25, 0.3) is 17.5 Å². The summed E-state index contributed by atoms with van der Waals surface area (Å²) in [5, 5.41) is 9.87. The zero-order valence-electron chi connectivity index (χ0n) is 14.0. The Morgan fingerprint density at radius 1 is 1.11 bits per heavy atom. The molecule has 0 bridgehead atoms. The van der Waals surface area contributed by atoms with Gasteiger partial charge in [0.2, 0.25) is 5.89 Å². The highest BCUT2D eigenvalue weighted by molar-refractivity contribution is 5.93. The van der Waals surface area contributed by atoms with Gasteiger partial charge in [0.05, 0.1) is 0 Å². The Bertz CT molecular complexity index is 970. The minimum Gasteiger partial charge on any atom is -0.452 e. The second kappa shape index (κ2) is 8.52. The molecule has 3 aromatic rings. The maximum atomic E-state index is 13.0. The van der Waals surface area contributed by atoms with E-state index in [0.29, 0.717) is 11.1 Å². The molecule has 0 fully saturated rings. The number of rotatable bonds is 6. The standard InChI is InChI=1S/C19H14FN3O4/c20-15-8-4-5-13(11-15)9-10-17(25)26-12-16(24)21-19-23-22-18(27-19)14-6-2-1-3-7-14/h1-11H,12H2,(H,21,23,24)/b10-9+. The van der Waals surface area contributed by atoms with Crippen molar-refractivity contribution in [2.24, 2.45) is 0 Å². The first-order valence-corrected chi connectivity index (χ1v) is 7.89. The molecule has 2 aromatic carbocycles. The molecular formula is C19H14FN3O4. The van der Waals surface area contributed by atoms with Gasteiger partial charge in [-0.3, -0.25) is 10.1 Å². The first-order valence-electron chi connectivity index (χ1n) is 7.89. The van der Waals surface area contributed by atoms with Gasteiger partial charge in [0, 0.05) is 11.6 Å². The minimum atomic E-state index is -0.745. The van der Waals surface area contributed by atoms with E-state index in [2.05, 4.69) is 15.5 Å². The third kappa shape index (κ3) is 5.33. The summed E-state index contributed by atoms with van der Waals surface area (Å²) in [4.78, 5) is 23.4. The zero-order valence-corrected chi connectivity index (χ0v) is 14.0. The number of amides is 1. The summed E-state index contributed by atoms with van der Waals surface area (Å²) in [7, 11) is 0. The fourth-order valence-electron chi connectivity index (χ4n) is 2.09. The van der Waals surface area contributed by atoms with Gasteiger partial charge < -0.3 is 9.15 Å². The third-order valence-electron chi connectivity index (χ3n) is 3.30. The van der Waals surface area contributed by atoms with Gasteiger partial charge in [0.15, 0.2) is 6.61 Å². The Morgan fingerprint density at radius 3 is 2.70 bits per heavy atom. The van der Waals surface area contributed by atoms with E-state index in [4.69, 9.17) is 9.15 Å². The average molecular weight is 367 g/mol. The number of aromatic nitrogens is 2. The number of halogens is 1. The molecule has 27 heavy (non-hydrogen) atoms. The summed E-state index contributed by atoms with van der Waals surface area (Å²) in [6.07, 6.45) is 2.48. The van der Waals surface area contributed by atoms with Gasteiger partial charge in [0.1, 0.15) is 5.82 Å². The van der Waals surface area contributed by atoms with Gasteiger partial charge in [-0.2, -0.15) is 0 Å². The van der Waals surface area contributed by atoms with Crippen LogP contribution in [-0.2, 0) is 14.3 Å². The van der Waals surface area contributed by atoms with Crippen LogP contribution in [0.5, 0.6) is 0 Å². The van der Waals surface area contributed by atoms with Gasteiger partial charge >= 0.3 is 12.0 Å². The number of nitrogens with zero attached hydrogens (tertiary/aromatic N) is 2. The lowest BCUT2D eigenvalue weighted by Crippen LogP contribution is -2.20. The van der Waals surface area contributed by atoms with Crippen LogP contribution in [-0.4, -0.2) is 28.7 Å². The quantitative estimate of drug-likeness (QED) is 0.531. The highest BCUT2D eigenvalue weighted by Gasteiger charge is 2.12. The summed E-state index contributed by atoms with van der Waals surface area (Å²) in [6.45, 7) is -0.532. The summed E-state index contributed by atoms with van der Waals surface area (Å²) in [5.41, 5.74) is 1.20. The van der Waals surface area contributed by atoms with Crippen molar-refractivity contribution in [3.63, 3.8) is 0 Å². The summed E-state index contributed by atoms with van der Waals surface area (Å²) >= 11 is 0. The van der Waals surface area contributed by atoms with Gasteiger partial charge in [-0.15, -0.1) is 5.10 Å². The molecule has 1 amide bonds. The Labute approximate surface area is 153 Å². The Hall–Kier alpha value is -3.81. The van der Waals surface area contributed by atoms with E-state index in [1.807, 2.05) is 18.2 Å². The Kier molecular flexibility index (Phi) is 5.68. The molecule has 136 valence electrons. The SMILES string of the molecule is O=C(COC(=O)/C=C/c1cccc(F)c1)Nc1nnc(-c2ccccc2)o1.